The molecule has 3 N–H and O–H groups in total. The van der Waals surface area contributed by atoms with E-state index in [0.717, 1.165) is 22.1 Å². The minimum Gasteiger partial charge on any atom is -0.480 e. The van der Waals surface area contributed by atoms with E-state index in [-0.39, 0.29) is 5.56 Å². The summed E-state index contributed by atoms with van der Waals surface area (Å²) in [5, 5.41) is 13.2. The molecule has 0 aliphatic heterocycles. The lowest BCUT2D eigenvalue weighted by molar-refractivity contribution is -0.137. The second-order valence-electron chi connectivity index (χ2n) is 5.81. The fraction of sp³-hybridized carbons (Fsp3) is 0.158. The van der Waals surface area contributed by atoms with E-state index in [1.54, 1.807) is 25.3 Å². The molecule has 3 rings (SSSR count). The number of hydrogen-bond donors (Lipinski definition) is 3. The van der Waals surface area contributed by atoms with Gasteiger partial charge in [0, 0.05) is 22.8 Å². The third kappa shape index (κ3) is 2.88. The number of benzene rings is 2. The van der Waals surface area contributed by atoms with E-state index in [0.29, 0.717) is 11.1 Å². The quantitative estimate of drug-likeness (QED) is 0.687. The molecule has 122 valence electrons. The monoisotopic (exact) mass is 322 g/mol. The number of carboxylic acids is 1. The van der Waals surface area contributed by atoms with Gasteiger partial charge in [0.1, 0.15) is 6.04 Å². The van der Waals surface area contributed by atoms with Gasteiger partial charge in [0.15, 0.2) is 0 Å². The van der Waals surface area contributed by atoms with Crippen molar-refractivity contribution in [3.8, 4) is 11.1 Å². The van der Waals surface area contributed by atoms with Crippen LogP contribution in [0.15, 0.2) is 53.5 Å². The highest BCUT2D eigenvalue weighted by Crippen LogP contribution is 2.30. The van der Waals surface area contributed by atoms with Crippen LogP contribution in [0.1, 0.15) is 12.5 Å². The Balaban J connectivity index is 2.15. The number of hydrogen-bond acceptors (Lipinski definition) is 3. The zero-order chi connectivity index (χ0) is 17.3. The second-order valence-corrected chi connectivity index (χ2v) is 5.81. The zero-order valence-corrected chi connectivity index (χ0v) is 13.5. The van der Waals surface area contributed by atoms with E-state index in [2.05, 4.69) is 10.3 Å². The van der Waals surface area contributed by atoms with Gasteiger partial charge in [-0.1, -0.05) is 30.3 Å². The number of nitrogens with one attached hydrogen (secondary N) is 2. The molecule has 1 heterocycles. The second kappa shape index (κ2) is 6.20. The van der Waals surface area contributed by atoms with Gasteiger partial charge >= 0.3 is 5.97 Å². The van der Waals surface area contributed by atoms with E-state index < -0.39 is 12.0 Å². The minimum absolute atomic E-state index is 0.200. The fourth-order valence-electron chi connectivity index (χ4n) is 2.76. The molecule has 5 nitrogen and oxygen atoms in total. The van der Waals surface area contributed by atoms with E-state index in [9.17, 15) is 9.59 Å². The van der Waals surface area contributed by atoms with E-state index in [4.69, 9.17) is 5.11 Å². The molecule has 0 fully saturated rings. The third-order valence-corrected chi connectivity index (χ3v) is 4.09. The van der Waals surface area contributed by atoms with Gasteiger partial charge in [0.25, 0.3) is 5.56 Å². The van der Waals surface area contributed by atoms with Crippen LogP contribution in [0, 0.1) is 6.92 Å². The Bertz CT molecular complexity index is 976. The van der Waals surface area contributed by atoms with Crippen molar-refractivity contribution >= 4 is 22.4 Å². The molecule has 0 saturated carbocycles. The van der Waals surface area contributed by atoms with Crippen molar-refractivity contribution in [2.75, 3.05) is 5.32 Å². The summed E-state index contributed by atoms with van der Waals surface area (Å²) in [4.78, 5) is 26.0. The van der Waals surface area contributed by atoms with Crippen molar-refractivity contribution in [2.45, 2.75) is 19.9 Å². The Morgan fingerprint density at radius 1 is 1.12 bits per heavy atom. The van der Waals surface area contributed by atoms with Crippen LogP contribution in [0.5, 0.6) is 0 Å². The number of fused-ring (bicyclic) bond motifs is 1. The number of aromatic amines is 1. The molecule has 1 atom stereocenters. The highest BCUT2D eigenvalue weighted by Gasteiger charge is 2.13. The molecule has 3 aromatic rings. The lowest BCUT2D eigenvalue weighted by Gasteiger charge is -2.13. The fourth-order valence-corrected chi connectivity index (χ4v) is 2.76. The molecular formula is C19H18N2O3. The van der Waals surface area contributed by atoms with Crippen LogP contribution in [0.2, 0.25) is 0 Å². The predicted molar refractivity (Wildman–Crippen MR) is 95.5 cm³/mol. The van der Waals surface area contributed by atoms with Crippen LogP contribution >= 0.6 is 0 Å². The lowest BCUT2D eigenvalue weighted by atomic mass is 9.97. The molecule has 0 saturated heterocycles. The number of aromatic nitrogens is 1. The minimum atomic E-state index is -0.947. The molecule has 0 aliphatic carbocycles. The van der Waals surface area contributed by atoms with E-state index >= 15 is 0 Å². The van der Waals surface area contributed by atoms with Gasteiger partial charge in [-0.05, 0) is 42.5 Å². The smallest absolute Gasteiger partial charge is 0.325 e. The Morgan fingerprint density at radius 3 is 2.58 bits per heavy atom. The van der Waals surface area contributed by atoms with Crippen LogP contribution < -0.4 is 10.9 Å². The van der Waals surface area contributed by atoms with Gasteiger partial charge in [-0.15, -0.1) is 0 Å². The van der Waals surface area contributed by atoms with Gasteiger partial charge in [0.2, 0.25) is 0 Å². The average molecular weight is 322 g/mol. The van der Waals surface area contributed by atoms with Gasteiger partial charge < -0.3 is 15.4 Å². The van der Waals surface area contributed by atoms with E-state index in [1.165, 1.54) is 0 Å². The van der Waals surface area contributed by atoms with Gasteiger partial charge in [-0.25, -0.2) is 0 Å². The van der Waals surface area contributed by atoms with Crippen molar-refractivity contribution in [1.82, 2.24) is 4.98 Å². The molecule has 0 spiro atoms. The molecule has 0 aliphatic rings. The largest absolute Gasteiger partial charge is 0.480 e. The molecule has 0 amide bonds. The molecule has 5 heteroatoms. The number of aryl methyl sites for hydroxylation is 1. The van der Waals surface area contributed by atoms with Crippen molar-refractivity contribution < 1.29 is 9.90 Å². The number of H-pyrrole nitrogens is 1. The van der Waals surface area contributed by atoms with Gasteiger partial charge in [-0.3, -0.25) is 9.59 Å². The van der Waals surface area contributed by atoms with Crippen molar-refractivity contribution in [3.05, 3.63) is 64.6 Å². The van der Waals surface area contributed by atoms with Crippen LogP contribution in [0.25, 0.3) is 21.9 Å². The van der Waals surface area contributed by atoms with Crippen molar-refractivity contribution in [3.63, 3.8) is 0 Å². The first-order valence-corrected chi connectivity index (χ1v) is 7.68. The molecule has 0 unspecified atom stereocenters. The number of pyridine rings is 1. The van der Waals surface area contributed by atoms with Crippen molar-refractivity contribution in [1.29, 1.82) is 0 Å². The maximum atomic E-state index is 12.2. The predicted octanol–water partition coefficient (Wildman–Crippen LogP) is 3.39. The first kappa shape index (κ1) is 15.8. The lowest BCUT2D eigenvalue weighted by Crippen LogP contribution is -2.25. The summed E-state index contributed by atoms with van der Waals surface area (Å²) in [6.07, 6.45) is 1.72. The first-order chi connectivity index (χ1) is 11.5. The number of aliphatic carboxylic acids is 1. The molecule has 2 aromatic carbocycles. The number of anilines is 1. The molecule has 0 radical (unpaired) electrons. The van der Waals surface area contributed by atoms with Crippen LogP contribution in [0.4, 0.5) is 5.69 Å². The Hall–Kier alpha value is -3.08. The Labute approximate surface area is 139 Å². The third-order valence-electron chi connectivity index (χ3n) is 4.09. The highest BCUT2D eigenvalue weighted by molar-refractivity contribution is 5.98. The normalized spacial score (nSPS) is 12.1. The van der Waals surface area contributed by atoms with Crippen LogP contribution in [-0.2, 0) is 4.79 Å². The summed E-state index contributed by atoms with van der Waals surface area (Å²) >= 11 is 0. The summed E-state index contributed by atoms with van der Waals surface area (Å²) in [5.74, 6) is -0.947. The van der Waals surface area contributed by atoms with E-state index in [1.807, 2.05) is 37.3 Å². The maximum absolute atomic E-state index is 12.2. The summed E-state index contributed by atoms with van der Waals surface area (Å²) in [6.45, 7) is 3.58. The van der Waals surface area contributed by atoms with Gasteiger partial charge in [0.05, 0.1) is 0 Å². The number of carbonyl (C=O) groups is 1. The summed E-state index contributed by atoms with van der Waals surface area (Å²) in [5.41, 5.74) is 3.52. The molecule has 1 aromatic heterocycles. The highest BCUT2D eigenvalue weighted by atomic mass is 16.4. The first-order valence-electron chi connectivity index (χ1n) is 7.68. The zero-order valence-electron chi connectivity index (χ0n) is 13.5. The van der Waals surface area contributed by atoms with Crippen molar-refractivity contribution in [2.24, 2.45) is 0 Å². The topological polar surface area (TPSA) is 82.2 Å². The number of rotatable bonds is 4. The maximum Gasteiger partial charge on any atom is 0.325 e. The summed E-state index contributed by atoms with van der Waals surface area (Å²) in [6, 6.07) is 12.6. The number of carboxylic acid groups (broad SMARTS) is 1. The Kier molecular flexibility index (Phi) is 4.08. The summed E-state index contributed by atoms with van der Waals surface area (Å²) in [7, 11) is 0. The molecule has 0 bridgehead atoms. The van der Waals surface area contributed by atoms with Crippen LogP contribution in [0.3, 0.4) is 0 Å². The average Bonchev–Trinajstić information content (AvgIpc) is 2.56. The summed E-state index contributed by atoms with van der Waals surface area (Å²) < 4.78 is 0. The SMILES string of the molecule is Cc1ccccc1-c1c[nH]c(=O)c2cc(N[C@@H](C)C(=O)O)ccc12. The van der Waals surface area contributed by atoms with Crippen LogP contribution in [-0.4, -0.2) is 22.1 Å². The van der Waals surface area contributed by atoms with Gasteiger partial charge in [-0.2, -0.15) is 0 Å². The molecule has 24 heavy (non-hydrogen) atoms. The Morgan fingerprint density at radius 2 is 1.88 bits per heavy atom. The standard InChI is InChI=1S/C19H18N2O3/c1-11-5-3-4-6-14(11)17-10-20-18(22)16-9-13(7-8-15(16)17)21-12(2)19(23)24/h3-10,12,21H,1-2H3,(H,20,22)(H,23,24)/t12-/m0/s1. The molecular weight excluding hydrogens is 304 g/mol.